The monoisotopic (exact) mass is 300 g/mol. The molecule has 0 fully saturated rings. The summed E-state index contributed by atoms with van der Waals surface area (Å²) in [6.07, 6.45) is 0.983. The first-order chi connectivity index (χ1) is 9.08. The van der Waals surface area contributed by atoms with Crippen molar-refractivity contribution in [3.8, 4) is 0 Å². The Morgan fingerprint density at radius 3 is 2.79 bits per heavy atom. The molecule has 0 aliphatic rings. The lowest BCUT2D eigenvalue weighted by atomic mass is 10.2. The van der Waals surface area contributed by atoms with E-state index in [0.29, 0.717) is 28.0 Å². The third kappa shape index (κ3) is 5.04. The Balaban J connectivity index is 2.78. The molecule has 0 amide bonds. The summed E-state index contributed by atoms with van der Waals surface area (Å²) < 4.78 is 4.93. The second kappa shape index (κ2) is 7.96. The van der Waals surface area contributed by atoms with E-state index in [1.807, 2.05) is 0 Å². The van der Waals surface area contributed by atoms with Gasteiger partial charge < -0.3 is 15.4 Å². The van der Waals surface area contributed by atoms with Gasteiger partial charge in [0, 0.05) is 12.2 Å². The fourth-order valence-corrected chi connectivity index (χ4v) is 1.80. The van der Waals surface area contributed by atoms with Crippen LogP contribution in [0.1, 0.15) is 30.6 Å². The van der Waals surface area contributed by atoms with Gasteiger partial charge in [-0.05, 0) is 43.8 Å². The molecule has 1 aromatic carbocycles. The summed E-state index contributed by atoms with van der Waals surface area (Å²) in [7, 11) is 0. The summed E-state index contributed by atoms with van der Waals surface area (Å²) in [5.41, 5.74) is 1.02. The Morgan fingerprint density at radius 2 is 2.16 bits per heavy atom. The third-order valence-corrected chi connectivity index (χ3v) is 2.83. The zero-order chi connectivity index (χ0) is 14.3. The number of esters is 1. The van der Waals surface area contributed by atoms with Crippen LogP contribution in [-0.4, -0.2) is 24.2 Å². The predicted molar refractivity (Wildman–Crippen MR) is 81.9 cm³/mol. The number of carbonyl (C=O) groups excluding carboxylic acids is 1. The average molecular weight is 301 g/mol. The van der Waals surface area contributed by atoms with Crippen LogP contribution in [0.3, 0.4) is 0 Å². The van der Waals surface area contributed by atoms with E-state index >= 15 is 0 Å². The average Bonchev–Trinajstić information content (AvgIpc) is 2.39. The number of ether oxygens (including phenoxy) is 1. The van der Waals surface area contributed by atoms with Crippen LogP contribution in [0, 0.1) is 0 Å². The Hall–Kier alpha value is -1.33. The molecule has 19 heavy (non-hydrogen) atoms. The Kier molecular flexibility index (Phi) is 6.59. The standard InChI is InChI=1S/C13H17ClN2O2S/c1-3-7-15-13(19)16-9-5-6-11(14)10(8-9)12(17)18-4-2/h5-6,8H,3-4,7H2,1-2H3,(H2,15,16,19). The number of halogens is 1. The molecule has 4 nitrogen and oxygen atoms in total. The minimum Gasteiger partial charge on any atom is -0.462 e. The molecule has 0 aliphatic carbocycles. The molecule has 0 radical (unpaired) electrons. The molecular weight excluding hydrogens is 284 g/mol. The maximum absolute atomic E-state index is 11.7. The summed E-state index contributed by atoms with van der Waals surface area (Å²) in [5.74, 6) is -0.441. The van der Waals surface area contributed by atoms with Crippen molar-refractivity contribution in [2.24, 2.45) is 0 Å². The molecule has 104 valence electrons. The van der Waals surface area contributed by atoms with Crippen LogP contribution in [-0.2, 0) is 4.74 Å². The fraction of sp³-hybridized carbons (Fsp3) is 0.385. The number of nitrogens with one attached hydrogen (secondary N) is 2. The van der Waals surface area contributed by atoms with Crippen molar-refractivity contribution in [1.82, 2.24) is 5.32 Å². The van der Waals surface area contributed by atoms with E-state index in [1.54, 1.807) is 25.1 Å². The van der Waals surface area contributed by atoms with Gasteiger partial charge in [-0.3, -0.25) is 0 Å². The van der Waals surface area contributed by atoms with Gasteiger partial charge in [-0.2, -0.15) is 0 Å². The van der Waals surface area contributed by atoms with Crippen molar-refractivity contribution >= 4 is 40.6 Å². The molecule has 1 aromatic rings. The minimum atomic E-state index is -0.441. The first-order valence-corrected chi connectivity index (χ1v) is 6.88. The van der Waals surface area contributed by atoms with Crippen molar-refractivity contribution in [2.75, 3.05) is 18.5 Å². The highest BCUT2D eigenvalue weighted by Crippen LogP contribution is 2.21. The first kappa shape index (κ1) is 15.7. The molecule has 6 heteroatoms. The maximum atomic E-state index is 11.7. The molecule has 2 N–H and O–H groups in total. The number of anilines is 1. The van der Waals surface area contributed by atoms with Crippen LogP contribution in [0.25, 0.3) is 0 Å². The van der Waals surface area contributed by atoms with Gasteiger partial charge in [0.15, 0.2) is 5.11 Å². The Bertz CT molecular complexity index is 466. The summed E-state index contributed by atoms with van der Waals surface area (Å²) in [6, 6.07) is 5.02. The lowest BCUT2D eigenvalue weighted by Gasteiger charge is -2.11. The molecular formula is C13H17ClN2O2S. The first-order valence-electron chi connectivity index (χ1n) is 6.10. The van der Waals surface area contributed by atoms with Crippen LogP contribution in [0.4, 0.5) is 5.69 Å². The lowest BCUT2D eigenvalue weighted by Crippen LogP contribution is -2.29. The number of hydrogen-bond donors (Lipinski definition) is 2. The van der Waals surface area contributed by atoms with Crippen molar-refractivity contribution in [3.05, 3.63) is 28.8 Å². The normalized spacial score (nSPS) is 9.84. The summed E-state index contributed by atoms with van der Waals surface area (Å²) in [5, 5.41) is 6.91. The van der Waals surface area contributed by atoms with Gasteiger partial charge in [-0.15, -0.1) is 0 Å². The summed E-state index contributed by atoms with van der Waals surface area (Å²) in [6.45, 7) is 4.90. The molecule has 0 aliphatic heterocycles. The molecule has 0 bridgehead atoms. The topological polar surface area (TPSA) is 50.4 Å². The van der Waals surface area contributed by atoms with E-state index in [4.69, 9.17) is 28.6 Å². The number of carbonyl (C=O) groups is 1. The molecule has 0 unspecified atom stereocenters. The number of thiocarbonyl (C=S) groups is 1. The second-order valence-corrected chi connectivity index (χ2v) is 4.61. The van der Waals surface area contributed by atoms with E-state index in [-0.39, 0.29) is 0 Å². The van der Waals surface area contributed by atoms with E-state index in [1.165, 1.54) is 0 Å². The van der Waals surface area contributed by atoms with E-state index in [2.05, 4.69) is 17.6 Å². The number of hydrogen-bond acceptors (Lipinski definition) is 3. The van der Waals surface area contributed by atoms with Crippen molar-refractivity contribution in [2.45, 2.75) is 20.3 Å². The number of benzene rings is 1. The smallest absolute Gasteiger partial charge is 0.339 e. The maximum Gasteiger partial charge on any atom is 0.339 e. The summed E-state index contributed by atoms with van der Waals surface area (Å²) in [4.78, 5) is 11.7. The molecule has 0 aromatic heterocycles. The SMILES string of the molecule is CCCNC(=S)Nc1ccc(Cl)c(C(=O)OCC)c1. The number of rotatable bonds is 5. The van der Waals surface area contributed by atoms with Crippen LogP contribution in [0.2, 0.25) is 5.02 Å². The molecule has 0 spiro atoms. The van der Waals surface area contributed by atoms with Gasteiger partial charge in [-0.25, -0.2) is 4.79 Å². The molecule has 0 heterocycles. The van der Waals surface area contributed by atoms with E-state index in [9.17, 15) is 4.79 Å². The van der Waals surface area contributed by atoms with Gasteiger partial charge in [-0.1, -0.05) is 18.5 Å². The van der Waals surface area contributed by atoms with Crippen LogP contribution >= 0.6 is 23.8 Å². The van der Waals surface area contributed by atoms with Gasteiger partial charge in [0.25, 0.3) is 0 Å². The summed E-state index contributed by atoms with van der Waals surface area (Å²) >= 11 is 11.1. The quantitative estimate of drug-likeness (QED) is 0.646. The lowest BCUT2D eigenvalue weighted by molar-refractivity contribution is 0.0526. The largest absolute Gasteiger partial charge is 0.462 e. The zero-order valence-electron chi connectivity index (χ0n) is 11.0. The van der Waals surface area contributed by atoms with Crippen LogP contribution in [0.5, 0.6) is 0 Å². The second-order valence-electron chi connectivity index (χ2n) is 3.80. The van der Waals surface area contributed by atoms with Gasteiger partial charge in [0.05, 0.1) is 17.2 Å². The molecule has 1 rings (SSSR count). The van der Waals surface area contributed by atoms with E-state index in [0.717, 1.165) is 13.0 Å². The van der Waals surface area contributed by atoms with Crippen molar-refractivity contribution in [3.63, 3.8) is 0 Å². The highest BCUT2D eigenvalue weighted by Gasteiger charge is 2.12. The third-order valence-electron chi connectivity index (χ3n) is 2.26. The minimum absolute atomic E-state index is 0.309. The molecule has 0 saturated heterocycles. The van der Waals surface area contributed by atoms with Crippen LogP contribution < -0.4 is 10.6 Å². The zero-order valence-corrected chi connectivity index (χ0v) is 12.5. The molecule has 0 saturated carbocycles. The molecule has 0 atom stereocenters. The van der Waals surface area contributed by atoms with Gasteiger partial charge in [0.1, 0.15) is 0 Å². The Labute approximate surface area is 123 Å². The van der Waals surface area contributed by atoms with Crippen LogP contribution in [0.15, 0.2) is 18.2 Å². The fourth-order valence-electron chi connectivity index (χ4n) is 1.38. The highest BCUT2D eigenvalue weighted by atomic mass is 35.5. The Morgan fingerprint density at radius 1 is 1.42 bits per heavy atom. The van der Waals surface area contributed by atoms with E-state index < -0.39 is 5.97 Å². The van der Waals surface area contributed by atoms with Crippen molar-refractivity contribution < 1.29 is 9.53 Å². The highest BCUT2D eigenvalue weighted by molar-refractivity contribution is 7.80. The van der Waals surface area contributed by atoms with Gasteiger partial charge in [0.2, 0.25) is 0 Å². The predicted octanol–water partition coefficient (Wildman–Crippen LogP) is 3.21. The van der Waals surface area contributed by atoms with Crippen molar-refractivity contribution in [1.29, 1.82) is 0 Å². The van der Waals surface area contributed by atoms with Gasteiger partial charge >= 0.3 is 5.97 Å².